The first-order valence-electron chi connectivity index (χ1n) is 2.75. The lowest BCUT2D eigenvalue weighted by Gasteiger charge is -2.15. The van der Waals surface area contributed by atoms with Crippen LogP contribution in [0.1, 0.15) is 13.8 Å². The van der Waals surface area contributed by atoms with Gasteiger partial charge in [0.25, 0.3) is 0 Å². The van der Waals surface area contributed by atoms with Crippen molar-refractivity contribution in [3.63, 3.8) is 0 Å². The van der Waals surface area contributed by atoms with Crippen LogP contribution in [0.2, 0.25) is 0 Å². The van der Waals surface area contributed by atoms with Gasteiger partial charge in [-0.05, 0) is 13.8 Å². The molecule has 0 unspecified atom stereocenters. The molecular formula is C6H16P+. The Morgan fingerprint density at radius 2 is 1.14 bits per heavy atom. The lowest BCUT2D eigenvalue weighted by atomic mass is 10.6. The Morgan fingerprint density at radius 3 is 1.14 bits per heavy atom. The molecule has 44 valence electrons. The first kappa shape index (κ1) is 7.43. The van der Waals surface area contributed by atoms with Crippen LogP contribution < -0.4 is 0 Å². The minimum atomic E-state index is -0.488. The van der Waals surface area contributed by atoms with E-state index in [0.29, 0.717) is 0 Å². The summed E-state index contributed by atoms with van der Waals surface area (Å²) in [5.41, 5.74) is 0.910. The van der Waals surface area contributed by atoms with E-state index in [0.717, 1.165) is 5.66 Å². The Labute approximate surface area is 47.6 Å². The van der Waals surface area contributed by atoms with Gasteiger partial charge in [0.1, 0.15) is 0 Å². The van der Waals surface area contributed by atoms with Crippen LogP contribution >= 0.6 is 7.26 Å². The molecule has 0 heterocycles. The second kappa shape index (κ2) is 2.13. The molecule has 0 fully saturated rings. The minimum absolute atomic E-state index is 0.488. The summed E-state index contributed by atoms with van der Waals surface area (Å²) in [5, 5.41) is 0. The van der Waals surface area contributed by atoms with Crippen LogP contribution in [-0.4, -0.2) is 25.7 Å². The fraction of sp³-hybridized carbons (Fsp3) is 1.00. The van der Waals surface area contributed by atoms with E-state index < -0.39 is 7.26 Å². The molecular weight excluding hydrogens is 103 g/mol. The predicted molar refractivity (Wildman–Crippen MR) is 39.8 cm³/mol. The SMILES string of the molecule is CC(C)[P+](C)(C)C. The van der Waals surface area contributed by atoms with Crippen LogP contribution in [0.15, 0.2) is 0 Å². The molecule has 0 atom stereocenters. The maximum absolute atomic E-state index is 2.37. The van der Waals surface area contributed by atoms with Crippen molar-refractivity contribution in [2.24, 2.45) is 0 Å². The van der Waals surface area contributed by atoms with E-state index in [1.54, 1.807) is 0 Å². The molecule has 1 heteroatoms. The van der Waals surface area contributed by atoms with Gasteiger partial charge >= 0.3 is 0 Å². The monoisotopic (exact) mass is 119 g/mol. The van der Waals surface area contributed by atoms with E-state index in [1.807, 2.05) is 0 Å². The van der Waals surface area contributed by atoms with Crippen LogP contribution in [-0.2, 0) is 0 Å². The van der Waals surface area contributed by atoms with Crippen LogP contribution in [0.25, 0.3) is 0 Å². The molecule has 0 saturated carbocycles. The standard InChI is InChI=1S/C6H16P/c1-6(2)7(3,4)5/h6H,1-5H3/q+1. The second-order valence-corrected chi connectivity index (χ2v) is 8.48. The summed E-state index contributed by atoms with van der Waals surface area (Å²) in [6, 6.07) is 0. The zero-order valence-corrected chi connectivity index (χ0v) is 6.92. The Bertz CT molecular complexity index is 49.7. The first-order chi connectivity index (χ1) is 2.94. The zero-order valence-electron chi connectivity index (χ0n) is 6.02. The zero-order chi connectivity index (χ0) is 6.08. The van der Waals surface area contributed by atoms with E-state index in [2.05, 4.69) is 33.8 Å². The second-order valence-electron chi connectivity index (χ2n) is 3.21. The largest absolute Gasteiger partial charge is 0.0633 e. The fourth-order valence-corrected chi connectivity index (χ4v) is 0. The van der Waals surface area contributed by atoms with Crippen molar-refractivity contribution >= 4 is 7.26 Å². The van der Waals surface area contributed by atoms with Crippen molar-refractivity contribution in [1.29, 1.82) is 0 Å². The van der Waals surface area contributed by atoms with Crippen LogP contribution in [0.3, 0.4) is 0 Å². The highest BCUT2D eigenvalue weighted by atomic mass is 31.2. The van der Waals surface area contributed by atoms with Gasteiger partial charge < -0.3 is 0 Å². The molecule has 0 aromatic rings. The van der Waals surface area contributed by atoms with Gasteiger partial charge in [0.2, 0.25) is 0 Å². The molecule has 0 aromatic carbocycles. The third-order valence-electron chi connectivity index (χ3n) is 1.55. The molecule has 0 amide bonds. The maximum atomic E-state index is 2.37. The third kappa shape index (κ3) is 3.05. The smallest absolute Gasteiger partial charge is 0.0286 e. The first-order valence-corrected chi connectivity index (χ1v) is 5.95. The topological polar surface area (TPSA) is 0 Å². The van der Waals surface area contributed by atoms with Gasteiger partial charge in [0.15, 0.2) is 0 Å². The normalized spacial score (nSPS) is 12.9. The average Bonchev–Trinajstić information content (AvgIpc) is 1.31. The molecule has 0 aliphatic heterocycles. The number of hydrogen-bond donors (Lipinski definition) is 0. The Balaban J connectivity index is 3.54. The summed E-state index contributed by atoms with van der Waals surface area (Å²) < 4.78 is 0. The van der Waals surface area contributed by atoms with Crippen LogP contribution in [0.5, 0.6) is 0 Å². The summed E-state index contributed by atoms with van der Waals surface area (Å²) in [5.74, 6) is 0. The fourth-order valence-electron chi connectivity index (χ4n) is 0. The molecule has 7 heavy (non-hydrogen) atoms. The highest BCUT2D eigenvalue weighted by Crippen LogP contribution is 2.51. The van der Waals surface area contributed by atoms with Gasteiger partial charge in [-0.1, -0.05) is 0 Å². The van der Waals surface area contributed by atoms with E-state index in [1.165, 1.54) is 0 Å². The average molecular weight is 119 g/mol. The van der Waals surface area contributed by atoms with Gasteiger partial charge in [0.05, 0.1) is 5.66 Å². The van der Waals surface area contributed by atoms with Gasteiger partial charge in [-0.3, -0.25) is 0 Å². The summed E-state index contributed by atoms with van der Waals surface area (Å²) in [6.07, 6.45) is 0. The van der Waals surface area contributed by atoms with Gasteiger partial charge in [0, 0.05) is 27.3 Å². The van der Waals surface area contributed by atoms with E-state index in [-0.39, 0.29) is 0 Å². The van der Waals surface area contributed by atoms with Gasteiger partial charge in [-0.25, -0.2) is 0 Å². The Morgan fingerprint density at radius 1 is 1.00 bits per heavy atom. The lowest BCUT2D eigenvalue weighted by molar-refractivity contribution is 1.08. The third-order valence-corrected chi connectivity index (χ3v) is 4.65. The minimum Gasteiger partial charge on any atom is -0.0286 e. The quantitative estimate of drug-likeness (QED) is 0.464. The lowest BCUT2D eigenvalue weighted by Crippen LogP contribution is -1.99. The predicted octanol–water partition coefficient (Wildman–Crippen LogP) is 2.30. The summed E-state index contributed by atoms with van der Waals surface area (Å²) in [6.45, 7) is 11.7. The van der Waals surface area contributed by atoms with Crippen molar-refractivity contribution in [3.8, 4) is 0 Å². The summed E-state index contributed by atoms with van der Waals surface area (Å²) in [7, 11) is -0.488. The maximum Gasteiger partial charge on any atom is 0.0633 e. The van der Waals surface area contributed by atoms with Crippen molar-refractivity contribution in [2.75, 3.05) is 20.0 Å². The molecule has 0 spiro atoms. The van der Waals surface area contributed by atoms with Crippen molar-refractivity contribution in [2.45, 2.75) is 19.5 Å². The molecule has 0 nitrogen and oxygen atoms in total. The molecule has 0 bridgehead atoms. The molecule has 0 radical (unpaired) electrons. The molecule has 0 aliphatic carbocycles. The molecule has 0 aliphatic rings. The van der Waals surface area contributed by atoms with Crippen LogP contribution in [0, 0.1) is 0 Å². The summed E-state index contributed by atoms with van der Waals surface area (Å²) >= 11 is 0. The highest BCUT2D eigenvalue weighted by molar-refractivity contribution is 7.74. The van der Waals surface area contributed by atoms with Gasteiger partial charge in [-0.2, -0.15) is 0 Å². The van der Waals surface area contributed by atoms with E-state index >= 15 is 0 Å². The summed E-state index contributed by atoms with van der Waals surface area (Å²) in [4.78, 5) is 0. The molecule has 0 aromatic heterocycles. The Kier molecular flexibility index (Phi) is 2.26. The highest BCUT2D eigenvalue weighted by Gasteiger charge is 2.21. The molecule has 0 rings (SSSR count). The number of hydrogen-bond acceptors (Lipinski definition) is 0. The van der Waals surface area contributed by atoms with Gasteiger partial charge in [-0.15, -0.1) is 0 Å². The number of rotatable bonds is 1. The molecule has 0 saturated heterocycles. The molecule has 0 N–H and O–H groups in total. The van der Waals surface area contributed by atoms with Crippen LogP contribution in [0.4, 0.5) is 0 Å². The Hall–Kier alpha value is 0.430. The van der Waals surface area contributed by atoms with Crippen molar-refractivity contribution < 1.29 is 0 Å². The van der Waals surface area contributed by atoms with E-state index in [4.69, 9.17) is 0 Å². The van der Waals surface area contributed by atoms with Crippen molar-refractivity contribution in [3.05, 3.63) is 0 Å². The van der Waals surface area contributed by atoms with E-state index in [9.17, 15) is 0 Å². The van der Waals surface area contributed by atoms with Crippen molar-refractivity contribution in [1.82, 2.24) is 0 Å².